The lowest BCUT2D eigenvalue weighted by Gasteiger charge is -2.12. The molecule has 116 valence electrons. The molecule has 3 aromatic rings. The Balaban J connectivity index is 1.85. The van der Waals surface area contributed by atoms with Crippen molar-refractivity contribution in [3.8, 4) is 0 Å². The molecule has 1 aliphatic rings. The summed E-state index contributed by atoms with van der Waals surface area (Å²) in [4.78, 5) is 4.79. The fourth-order valence-corrected chi connectivity index (χ4v) is 3.83. The molecule has 6 heteroatoms. The Morgan fingerprint density at radius 1 is 1.17 bits per heavy atom. The number of thioether (sulfide) groups is 1. The molecule has 0 radical (unpaired) electrons. The van der Waals surface area contributed by atoms with Gasteiger partial charge in [0.1, 0.15) is 0 Å². The first-order chi connectivity index (χ1) is 11.2. The number of halogens is 2. The second-order valence-corrected chi connectivity index (χ2v) is 6.97. The molecule has 4 rings (SSSR count). The molecule has 23 heavy (non-hydrogen) atoms. The Morgan fingerprint density at radius 3 is 2.83 bits per heavy atom. The Labute approximate surface area is 148 Å². The van der Waals surface area contributed by atoms with Crippen molar-refractivity contribution in [1.29, 1.82) is 0 Å². The molecule has 0 spiro atoms. The van der Waals surface area contributed by atoms with E-state index < -0.39 is 0 Å². The van der Waals surface area contributed by atoms with Gasteiger partial charge in [-0.2, -0.15) is 0 Å². The van der Waals surface area contributed by atoms with Crippen molar-refractivity contribution in [3.05, 3.63) is 69.3 Å². The van der Waals surface area contributed by atoms with Crippen LogP contribution in [-0.4, -0.2) is 15.4 Å². The van der Waals surface area contributed by atoms with Crippen LogP contribution < -0.4 is 5.32 Å². The molecule has 0 amide bonds. The predicted octanol–water partition coefficient (Wildman–Crippen LogP) is 4.98. The van der Waals surface area contributed by atoms with Gasteiger partial charge in [0.05, 0.1) is 29.2 Å². The van der Waals surface area contributed by atoms with Crippen LogP contribution >= 0.6 is 35.0 Å². The molecule has 0 atom stereocenters. The quantitative estimate of drug-likeness (QED) is 0.712. The lowest BCUT2D eigenvalue weighted by Crippen LogP contribution is -2.12. The van der Waals surface area contributed by atoms with Gasteiger partial charge in [0.15, 0.2) is 5.82 Å². The molecule has 0 saturated carbocycles. The highest BCUT2D eigenvalue weighted by Crippen LogP contribution is 2.28. The number of benzene rings is 2. The summed E-state index contributed by atoms with van der Waals surface area (Å²) in [6.45, 7) is 0.648. The summed E-state index contributed by atoms with van der Waals surface area (Å²) in [7, 11) is 0. The Hall–Kier alpha value is -1.62. The van der Waals surface area contributed by atoms with Crippen LogP contribution in [0.1, 0.15) is 11.4 Å². The van der Waals surface area contributed by atoms with Crippen molar-refractivity contribution in [2.45, 2.75) is 6.54 Å². The summed E-state index contributed by atoms with van der Waals surface area (Å²) in [5.74, 6) is 1.81. The van der Waals surface area contributed by atoms with E-state index in [1.54, 1.807) is 17.8 Å². The maximum absolute atomic E-state index is 6.36. The molecule has 3 nitrogen and oxygen atoms in total. The van der Waals surface area contributed by atoms with Gasteiger partial charge in [0.25, 0.3) is 0 Å². The molecule has 0 bridgehead atoms. The molecule has 0 aliphatic carbocycles. The highest BCUT2D eigenvalue weighted by molar-refractivity contribution is 8.02. The Kier molecular flexibility index (Phi) is 3.97. The molecule has 1 N–H and O–H groups in total. The molecular formula is C17H13Cl2N3S. The zero-order valence-electron chi connectivity index (χ0n) is 12.1. The second-order valence-electron chi connectivity index (χ2n) is 5.27. The van der Waals surface area contributed by atoms with E-state index in [2.05, 4.69) is 21.4 Å². The van der Waals surface area contributed by atoms with Crippen LogP contribution in [0.3, 0.4) is 0 Å². The summed E-state index contributed by atoms with van der Waals surface area (Å²) in [5, 5.41) is 6.80. The molecule has 1 aromatic heterocycles. The third-order valence-corrected chi connectivity index (χ3v) is 5.09. The van der Waals surface area contributed by atoms with Crippen molar-refractivity contribution in [2.75, 3.05) is 5.88 Å². The number of hydrogen-bond donors (Lipinski definition) is 1. The van der Waals surface area contributed by atoms with Gasteiger partial charge in [-0.15, -0.1) is 11.8 Å². The molecule has 0 fully saturated rings. The van der Waals surface area contributed by atoms with E-state index in [-0.39, 0.29) is 0 Å². The number of fused-ring (bicyclic) bond motifs is 1. The van der Waals surface area contributed by atoms with Gasteiger partial charge in [-0.25, -0.2) is 4.98 Å². The Morgan fingerprint density at radius 2 is 2.04 bits per heavy atom. The maximum atomic E-state index is 6.36. The summed E-state index contributed by atoms with van der Waals surface area (Å²) in [6, 6.07) is 13.8. The minimum absolute atomic E-state index is 0.644. The van der Waals surface area contributed by atoms with Gasteiger partial charge in [-0.1, -0.05) is 41.4 Å². The van der Waals surface area contributed by atoms with E-state index in [1.807, 2.05) is 30.3 Å². The van der Waals surface area contributed by atoms with E-state index in [4.69, 9.17) is 28.2 Å². The maximum Gasteiger partial charge on any atom is 0.158 e. The minimum Gasteiger partial charge on any atom is -0.372 e. The lowest BCUT2D eigenvalue weighted by atomic mass is 10.2. The first-order valence-corrected chi connectivity index (χ1v) is 8.98. The average molecular weight is 362 g/mol. The van der Waals surface area contributed by atoms with Gasteiger partial charge >= 0.3 is 0 Å². The number of nitrogens with zero attached hydrogens (tertiary/aromatic N) is 2. The molecular weight excluding hydrogens is 349 g/mol. The molecule has 2 heterocycles. The third-order valence-electron chi connectivity index (χ3n) is 3.79. The summed E-state index contributed by atoms with van der Waals surface area (Å²) in [6.07, 6.45) is 0. The van der Waals surface area contributed by atoms with Crippen LogP contribution in [0.5, 0.6) is 0 Å². The van der Waals surface area contributed by atoms with Crippen molar-refractivity contribution >= 4 is 51.7 Å². The average Bonchev–Trinajstić information content (AvgIpc) is 3.18. The Bertz CT molecular complexity index is 917. The zero-order valence-corrected chi connectivity index (χ0v) is 14.4. The van der Waals surface area contributed by atoms with E-state index in [0.717, 1.165) is 34.0 Å². The van der Waals surface area contributed by atoms with Gasteiger partial charge in [-0.05, 0) is 35.2 Å². The van der Waals surface area contributed by atoms with Gasteiger partial charge < -0.3 is 9.88 Å². The highest BCUT2D eigenvalue weighted by atomic mass is 35.5. The predicted molar refractivity (Wildman–Crippen MR) is 98.9 cm³/mol. The number of rotatable bonds is 3. The fraction of sp³-hybridized carbons (Fsp3) is 0.118. The highest BCUT2D eigenvalue weighted by Gasteiger charge is 2.17. The van der Waals surface area contributed by atoms with Crippen LogP contribution in [0.4, 0.5) is 0 Å². The summed E-state index contributed by atoms with van der Waals surface area (Å²) in [5.41, 5.74) is 4.14. The van der Waals surface area contributed by atoms with Crippen LogP contribution in [-0.2, 0) is 6.54 Å². The first-order valence-electron chi connectivity index (χ1n) is 7.17. The van der Waals surface area contributed by atoms with E-state index in [1.165, 1.54) is 0 Å². The van der Waals surface area contributed by atoms with E-state index in [9.17, 15) is 0 Å². The minimum atomic E-state index is 0.644. The lowest BCUT2D eigenvalue weighted by molar-refractivity contribution is 0.799. The standard InChI is InChI=1S/C17H13Cl2N3S/c18-12-6-5-11(13(19)7-12)8-22-16-4-2-1-3-14(16)21-17(22)15-9-23-10-20-15/h1-7,9,20H,8,10H2. The first kappa shape index (κ1) is 14.9. The van der Waals surface area contributed by atoms with Crippen LogP contribution in [0.25, 0.3) is 16.7 Å². The second kappa shape index (κ2) is 6.11. The molecule has 1 aliphatic heterocycles. The van der Waals surface area contributed by atoms with Crippen LogP contribution in [0.2, 0.25) is 10.0 Å². The third kappa shape index (κ3) is 2.82. The number of nitrogens with one attached hydrogen (secondary N) is 1. The van der Waals surface area contributed by atoms with Crippen molar-refractivity contribution < 1.29 is 0 Å². The van der Waals surface area contributed by atoms with Crippen LogP contribution in [0, 0.1) is 0 Å². The topological polar surface area (TPSA) is 29.9 Å². The smallest absolute Gasteiger partial charge is 0.158 e. The van der Waals surface area contributed by atoms with Crippen molar-refractivity contribution in [3.63, 3.8) is 0 Å². The van der Waals surface area contributed by atoms with Gasteiger partial charge in [0, 0.05) is 10.0 Å². The van der Waals surface area contributed by atoms with Gasteiger partial charge in [0.2, 0.25) is 0 Å². The van der Waals surface area contributed by atoms with Gasteiger partial charge in [-0.3, -0.25) is 0 Å². The van der Waals surface area contributed by atoms with Crippen LogP contribution in [0.15, 0.2) is 47.9 Å². The zero-order chi connectivity index (χ0) is 15.8. The molecule has 0 saturated heterocycles. The SMILES string of the molecule is Clc1ccc(Cn2c(C3=CSCN3)nc3ccccc32)c(Cl)c1. The summed E-state index contributed by atoms with van der Waals surface area (Å²) >= 11 is 14.1. The van der Waals surface area contributed by atoms with Crippen molar-refractivity contribution in [2.24, 2.45) is 0 Å². The number of aromatic nitrogens is 2. The number of hydrogen-bond acceptors (Lipinski definition) is 3. The normalized spacial score (nSPS) is 14.1. The van der Waals surface area contributed by atoms with E-state index in [0.29, 0.717) is 16.6 Å². The molecule has 0 unspecified atom stereocenters. The monoisotopic (exact) mass is 361 g/mol. The van der Waals surface area contributed by atoms with Crippen molar-refractivity contribution in [1.82, 2.24) is 14.9 Å². The number of para-hydroxylation sites is 2. The number of imidazole rings is 1. The largest absolute Gasteiger partial charge is 0.372 e. The van der Waals surface area contributed by atoms with E-state index >= 15 is 0 Å². The fourth-order valence-electron chi connectivity index (χ4n) is 2.68. The molecule has 2 aromatic carbocycles. The summed E-state index contributed by atoms with van der Waals surface area (Å²) < 4.78 is 2.19.